The summed E-state index contributed by atoms with van der Waals surface area (Å²) in [6, 6.07) is 4.42. The maximum Gasteiger partial charge on any atom is 0.253 e. The molecule has 0 bridgehead atoms. The van der Waals surface area contributed by atoms with E-state index in [2.05, 4.69) is 27.6 Å². The lowest BCUT2D eigenvalue weighted by molar-refractivity contribution is -0.114. The average Bonchev–Trinajstić information content (AvgIpc) is 2.49. The minimum absolute atomic E-state index is 0. The molecule has 146 valence electrons. The van der Waals surface area contributed by atoms with E-state index in [1.165, 1.54) is 25.1 Å². The smallest absolute Gasteiger partial charge is 0.253 e. The zero-order valence-corrected chi connectivity index (χ0v) is 16.6. The molecular formula is C16H25ClN4O4S. The number of carbonyl (C=O) groups is 2. The number of amides is 2. The van der Waals surface area contributed by atoms with Crippen LogP contribution in [0.3, 0.4) is 0 Å². The standard InChI is InChI=1S/C16H24N4O4S.ClH/c1-10-6-7-17-9-15(10)19-16(22)13-8-12(18-11(2)21)4-5-14(13)20-25(3,23)24;/h4-5,8,10,15,17,20H,6-7,9H2,1-3H3,(H,18,21)(H,19,22);1H. The molecule has 0 aromatic heterocycles. The normalized spacial score (nSPS) is 19.8. The summed E-state index contributed by atoms with van der Waals surface area (Å²) in [4.78, 5) is 24.0. The molecule has 1 aliphatic heterocycles. The Morgan fingerprint density at radius 1 is 1.27 bits per heavy atom. The first-order valence-electron chi connectivity index (χ1n) is 8.06. The highest BCUT2D eigenvalue weighted by atomic mass is 35.5. The fourth-order valence-electron chi connectivity index (χ4n) is 2.73. The monoisotopic (exact) mass is 404 g/mol. The first-order chi connectivity index (χ1) is 11.7. The van der Waals surface area contributed by atoms with Crippen LogP contribution in [0.5, 0.6) is 0 Å². The Balaban J connectivity index is 0.00000338. The number of hydrogen-bond donors (Lipinski definition) is 4. The van der Waals surface area contributed by atoms with Crippen LogP contribution in [0.1, 0.15) is 30.6 Å². The van der Waals surface area contributed by atoms with Crippen LogP contribution in [0.25, 0.3) is 0 Å². The van der Waals surface area contributed by atoms with E-state index in [1.807, 2.05) is 0 Å². The van der Waals surface area contributed by atoms with Gasteiger partial charge in [0, 0.05) is 25.2 Å². The Bertz CT molecular complexity index is 770. The summed E-state index contributed by atoms with van der Waals surface area (Å²) in [7, 11) is -3.54. The molecule has 4 N–H and O–H groups in total. The zero-order chi connectivity index (χ0) is 18.6. The van der Waals surface area contributed by atoms with E-state index in [9.17, 15) is 18.0 Å². The molecule has 2 atom stereocenters. The van der Waals surface area contributed by atoms with Gasteiger partial charge >= 0.3 is 0 Å². The topological polar surface area (TPSA) is 116 Å². The van der Waals surface area contributed by atoms with Gasteiger partial charge in [0.15, 0.2) is 0 Å². The Morgan fingerprint density at radius 2 is 1.96 bits per heavy atom. The molecule has 10 heteroatoms. The van der Waals surface area contributed by atoms with E-state index in [0.29, 0.717) is 18.2 Å². The predicted molar refractivity (Wildman–Crippen MR) is 104 cm³/mol. The Morgan fingerprint density at radius 3 is 2.54 bits per heavy atom. The maximum absolute atomic E-state index is 12.7. The highest BCUT2D eigenvalue weighted by Crippen LogP contribution is 2.23. The van der Waals surface area contributed by atoms with E-state index in [0.717, 1.165) is 19.2 Å². The third-order valence-corrected chi connectivity index (χ3v) is 4.61. The molecule has 0 aliphatic carbocycles. The molecule has 8 nitrogen and oxygen atoms in total. The number of rotatable bonds is 5. The van der Waals surface area contributed by atoms with Crippen LogP contribution in [-0.4, -0.2) is 45.6 Å². The van der Waals surface area contributed by atoms with Gasteiger partial charge in [-0.25, -0.2) is 8.42 Å². The van der Waals surface area contributed by atoms with Crippen molar-refractivity contribution >= 4 is 45.6 Å². The third kappa shape index (κ3) is 6.47. The van der Waals surface area contributed by atoms with Crippen molar-refractivity contribution in [1.82, 2.24) is 10.6 Å². The van der Waals surface area contributed by atoms with Gasteiger partial charge in [-0.2, -0.15) is 0 Å². The summed E-state index contributed by atoms with van der Waals surface area (Å²) in [6.45, 7) is 4.99. The number of piperidine rings is 1. The highest BCUT2D eigenvalue weighted by Gasteiger charge is 2.24. The van der Waals surface area contributed by atoms with E-state index in [1.54, 1.807) is 0 Å². The van der Waals surface area contributed by atoms with Crippen LogP contribution in [0.4, 0.5) is 11.4 Å². The fourth-order valence-corrected chi connectivity index (χ4v) is 3.31. The van der Waals surface area contributed by atoms with Crippen molar-refractivity contribution in [3.05, 3.63) is 23.8 Å². The Labute approximate surface area is 160 Å². The second-order valence-corrected chi connectivity index (χ2v) is 8.11. The van der Waals surface area contributed by atoms with Gasteiger partial charge in [-0.05, 0) is 37.1 Å². The SMILES string of the molecule is CC(=O)Nc1ccc(NS(C)(=O)=O)c(C(=O)NC2CNCCC2C)c1.Cl. The van der Waals surface area contributed by atoms with Gasteiger partial charge in [0.25, 0.3) is 5.91 Å². The van der Waals surface area contributed by atoms with E-state index in [4.69, 9.17) is 0 Å². The molecule has 0 spiro atoms. The molecule has 0 saturated carbocycles. The largest absolute Gasteiger partial charge is 0.348 e. The fraction of sp³-hybridized carbons (Fsp3) is 0.500. The predicted octanol–water partition coefficient (Wildman–Crippen LogP) is 1.17. The summed E-state index contributed by atoms with van der Waals surface area (Å²) >= 11 is 0. The summed E-state index contributed by atoms with van der Waals surface area (Å²) in [5, 5.41) is 8.77. The lowest BCUT2D eigenvalue weighted by Crippen LogP contribution is -2.50. The minimum Gasteiger partial charge on any atom is -0.348 e. The molecule has 1 heterocycles. The van der Waals surface area contributed by atoms with Crippen molar-refractivity contribution in [2.24, 2.45) is 5.92 Å². The van der Waals surface area contributed by atoms with Crippen LogP contribution < -0.4 is 20.7 Å². The van der Waals surface area contributed by atoms with E-state index < -0.39 is 10.0 Å². The van der Waals surface area contributed by atoms with Gasteiger partial charge in [0.1, 0.15) is 0 Å². The number of nitrogens with one attached hydrogen (secondary N) is 4. The number of carbonyl (C=O) groups excluding carboxylic acids is 2. The Hall–Kier alpha value is -1.84. The van der Waals surface area contributed by atoms with Gasteiger partial charge in [-0.1, -0.05) is 6.92 Å². The lowest BCUT2D eigenvalue weighted by atomic mass is 9.94. The Kier molecular flexibility index (Phi) is 7.86. The van der Waals surface area contributed by atoms with Crippen molar-refractivity contribution in [2.45, 2.75) is 26.3 Å². The van der Waals surface area contributed by atoms with Crippen molar-refractivity contribution in [1.29, 1.82) is 0 Å². The first kappa shape index (κ1) is 22.2. The zero-order valence-electron chi connectivity index (χ0n) is 15.0. The molecule has 2 amide bonds. The molecule has 1 saturated heterocycles. The highest BCUT2D eigenvalue weighted by molar-refractivity contribution is 7.92. The van der Waals surface area contributed by atoms with Crippen LogP contribution in [0.2, 0.25) is 0 Å². The quantitative estimate of drug-likeness (QED) is 0.587. The third-order valence-electron chi connectivity index (χ3n) is 4.02. The number of anilines is 2. The summed E-state index contributed by atoms with van der Waals surface area (Å²) in [5.41, 5.74) is 0.756. The first-order valence-corrected chi connectivity index (χ1v) is 9.96. The molecule has 26 heavy (non-hydrogen) atoms. The van der Waals surface area contributed by atoms with Gasteiger partial charge < -0.3 is 16.0 Å². The van der Waals surface area contributed by atoms with Crippen LogP contribution in [0.15, 0.2) is 18.2 Å². The molecule has 1 aliphatic rings. The maximum atomic E-state index is 12.7. The van der Waals surface area contributed by atoms with Gasteiger partial charge in [-0.3, -0.25) is 14.3 Å². The molecule has 0 radical (unpaired) electrons. The number of benzene rings is 1. The number of hydrogen-bond acceptors (Lipinski definition) is 5. The summed E-state index contributed by atoms with van der Waals surface area (Å²) < 4.78 is 25.5. The lowest BCUT2D eigenvalue weighted by Gasteiger charge is -2.30. The van der Waals surface area contributed by atoms with Crippen LogP contribution >= 0.6 is 12.4 Å². The van der Waals surface area contributed by atoms with Crippen molar-refractivity contribution in [3.63, 3.8) is 0 Å². The van der Waals surface area contributed by atoms with Gasteiger partial charge in [0.05, 0.1) is 17.5 Å². The second kappa shape index (κ2) is 9.20. The van der Waals surface area contributed by atoms with E-state index >= 15 is 0 Å². The van der Waals surface area contributed by atoms with Gasteiger partial charge in [-0.15, -0.1) is 12.4 Å². The van der Waals surface area contributed by atoms with E-state index in [-0.39, 0.29) is 41.5 Å². The molecule has 2 rings (SSSR count). The molecule has 1 aromatic carbocycles. The van der Waals surface area contributed by atoms with Crippen molar-refractivity contribution < 1.29 is 18.0 Å². The molecule has 1 aromatic rings. The van der Waals surface area contributed by atoms with Crippen molar-refractivity contribution in [2.75, 3.05) is 29.4 Å². The van der Waals surface area contributed by atoms with Crippen molar-refractivity contribution in [3.8, 4) is 0 Å². The minimum atomic E-state index is -3.54. The molecule has 1 fully saturated rings. The summed E-state index contributed by atoms with van der Waals surface area (Å²) in [6.07, 6.45) is 1.97. The van der Waals surface area contributed by atoms with Crippen LogP contribution in [0, 0.1) is 5.92 Å². The van der Waals surface area contributed by atoms with Crippen LogP contribution in [-0.2, 0) is 14.8 Å². The average molecular weight is 405 g/mol. The summed E-state index contributed by atoms with van der Waals surface area (Å²) in [5.74, 6) is -0.353. The van der Waals surface area contributed by atoms with Gasteiger partial charge in [0.2, 0.25) is 15.9 Å². The second-order valence-electron chi connectivity index (χ2n) is 6.37. The molecular weight excluding hydrogens is 380 g/mol. The molecule has 2 unspecified atom stereocenters. The number of sulfonamides is 1. The number of halogens is 1.